The van der Waals surface area contributed by atoms with Crippen molar-refractivity contribution in [2.24, 2.45) is 0 Å². The van der Waals surface area contributed by atoms with Crippen LogP contribution < -0.4 is 10.6 Å². The van der Waals surface area contributed by atoms with Crippen molar-refractivity contribution >= 4 is 23.6 Å². The fourth-order valence-electron chi connectivity index (χ4n) is 1.73. The van der Waals surface area contributed by atoms with Crippen LogP contribution in [-0.4, -0.2) is 29.1 Å². The Bertz CT molecular complexity index is 595. The molecule has 0 spiro atoms. The number of carboxylic acid groups (broad SMARTS) is 1. The standard InChI is InChI=1S/C16H17N3O2/c20-16(21)9-7-13-6-8-15(19-12-13)18-11-10-17-14-4-2-1-3-5-14/h1-9,12,17H,10-11H2,(H,18,19)(H,20,21). The molecule has 1 heterocycles. The maximum atomic E-state index is 10.4. The third kappa shape index (κ3) is 5.36. The van der Waals surface area contributed by atoms with Crippen molar-refractivity contribution in [2.45, 2.75) is 0 Å². The normalized spacial score (nSPS) is 10.5. The summed E-state index contributed by atoms with van der Waals surface area (Å²) in [6, 6.07) is 13.6. The number of aromatic nitrogens is 1. The summed E-state index contributed by atoms with van der Waals surface area (Å²) in [6.07, 6.45) is 4.23. The van der Waals surface area contributed by atoms with Crippen LogP contribution in [0.25, 0.3) is 6.08 Å². The van der Waals surface area contributed by atoms with E-state index in [0.717, 1.165) is 36.2 Å². The number of aliphatic carboxylic acids is 1. The number of rotatable bonds is 7. The first-order valence-electron chi connectivity index (χ1n) is 6.64. The van der Waals surface area contributed by atoms with Crippen molar-refractivity contribution in [3.8, 4) is 0 Å². The summed E-state index contributed by atoms with van der Waals surface area (Å²) in [6.45, 7) is 1.53. The lowest BCUT2D eigenvalue weighted by atomic mass is 10.2. The first-order chi connectivity index (χ1) is 10.2. The third-order valence-electron chi connectivity index (χ3n) is 2.74. The van der Waals surface area contributed by atoms with Crippen LogP contribution in [0.1, 0.15) is 5.56 Å². The zero-order valence-corrected chi connectivity index (χ0v) is 11.5. The van der Waals surface area contributed by atoms with E-state index in [9.17, 15) is 4.79 Å². The smallest absolute Gasteiger partial charge is 0.328 e. The number of nitrogens with zero attached hydrogens (tertiary/aromatic N) is 1. The molecular formula is C16H17N3O2. The fraction of sp³-hybridized carbons (Fsp3) is 0.125. The number of benzene rings is 1. The first-order valence-corrected chi connectivity index (χ1v) is 6.64. The van der Waals surface area contributed by atoms with Gasteiger partial charge in [0.1, 0.15) is 5.82 Å². The minimum atomic E-state index is -0.968. The monoisotopic (exact) mass is 283 g/mol. The lowest BCUT2D eigenvalue weighted by molar-refractivity contribution is -0.131. The molecule has 0 saturated carbocycles. The maximum Gasteiger partial charge on any atom is 0.328 e. The molecule has 0 radical (unpaired) electrons. The molecule has 0 aliphatic heterocycles. The number of carboxylic acids is 1. The van der Waals surface area contributed by atoms with Crippen molar-refractivity contribution in [1.29, 1.82) is 0 Å². The minimum absolute atomic E-state index is 0.742. The lowest BCUT2D eigenvalue weighted by Crippen LogP contribution is -2.14. The Kier molecular flexibility index (Phi) is 5.34. The van der Waals surface area contributed by atoms with Gasteiger partial charge in [0.05, 0.1) is 0 Å². The first kappa shape index (κ1) is 14.6. The molecule has 1 aromatic heterocycles. The fourth-order valence-corrected chi connectivity index (χ4v) is 1.73. The molecule has 1 aromatic carbocycles. The van der Waals surface area contributed by atoms with E-state index in [1.54, 1.807) is 6.20 Å². The zero-order chi connectivity index (χ0) is 14.9. The lowest BCUT2D eigenvalue weighted by Gasteiger charge is -2.08. The molecule has 0 bridgehead atoms. The highest BCUT2D eigenvalue weighted by molar-refractivity contribution is 5.85. The minimum Gasteiger partial charge on any atom is -0.478 e. The highest BCUT2D eigenvalue weighted by Gasteiger charge is 1.95. The molecule has 3 N–H and O–H groups in total. The molecule has 0 fully saturated rings. The van der Waals surface area contributed by atoms with Gasteiger partial charge in [-0.25, -0.2) is 9.78 Å². The highest BCUT2D eigenvalue weighted by atomic mass is 16.4. The Morgan fingerprint density at radius 2 is 1.86 bits per heavy atom. The highest BCUT2D eigenvalue weighted by Crippen LogP contribution is 2.07. The molecule has 0 amide bonds. The molecule has 0 aliphatic rings. The topological polar surface area (TPSA) is 74.2 Å². The van der Waals surface area contributed by atoms with Crippen LogP contribution in [-0.2, 0) is 4.79 Å². The molecule has 21 heavy (non-hydrogen) atoms. The van der Waals surface area contributed by atoms with E-state index < -0.39 is 5.97 Å². The largest absolute Gasteiger partial charge is 0.478 e. The van der Waals surface area contributed by atoms with Crippen LogP contribution in [0.3, 0.4) is 0 Å². The van der Waals surface area contributed by atoms with Crippen LogP contribution in [0, 0.1) is 0 Å². The number of anilines is 2. The van der Waals surface area contributed by atoms with Crippen molar-refractivity contribution in [1.82, 2.24) is 4.98 Å². The van der Waals surface area contributed by atoms with Gasteiger partial charge in [-0.1, -0.05) is 18.2 Å². The second kappa shape index (κ2) is 7.69. The van der Waals surface area contributed by atoms with Crippen molar-refractivity contribution in [3.63, 3.8) is 0 Å². The van der Waals surface area contributed by atoms with Crippen LogP contribution in [0.15, 0.2) is 54.7 Å². The molecule has 5 heteroatoms. The van der Waals surface area contributed by atoms with Gasteiger partial charge in [0.2, 0.25) is 0 Å². The number of para-hydroxylation sites is 1. The van der Waals surface area contributed by atoms with E-state index in [-0.39, 0.29) is 0 Å². The molecule has 5 nitrogen and oxygen atoms in total. The number of nitrogens with one attached hydrogen (secondary N) is 2. The summed E-state index contributed by atoms with van der Waals surface area (Å²) in [5.74, 6) is -0.207. The Morgan fingerprint density at radius 3 is 2.52 bits per heavy atom. The Balaban J connectivity index is 1.75. The summed E-state index contributed by atoms with van der Waals surface area (Å²) in [5, 5.41) is 15.0. The van der Waals surface area contributed by atoms with Crippen LogP contribution >= 0.6 is 0 Å². The molecule has 0 atom stereocenters. The number of hydrogen-bond acceptors (Lipinski definition) is 4. The van der Waals surface area contributed by atoms with Crippen molar-refractivity contribution in [2.75, 3.05) is 23.7 Å². The van der Waals surface area contributed by atoms with E-state index in [1.165, 1.54) is 6.08 Å². The quantitative estimate of drug-likeness (QED) is 0.538. The van der Waals surface area contributed by atoms with Gasteiger partial charge in [-0.05, 0) is 35.9 Å². The summed E-state index contributed by atoms with van der Waals surface area (Å²) in [5.41, 5.74) is 1.84. The maximum absolute atomic E-state index is 10.4. The van der Waals surface area contributed by atoms with Crippen molar-refractivity contribution in [3.05, 3.63) is 60.3 Å². The average molecular weight is 283 g/mol. The Hall–Kier alpha value is -2.82. The number of carbonyl (C=O) groups is 1. The number of pyridine rings is 1. The molecule has 2 aromatic rings. The molecule has 0 aliphatic carbocycles. The van der Waals surface area contributed by atoms with E-state index in [0.29, 0.717) is 0 Å². The van der Waals surface area contributed by atoms with Gasteiger partial charge >= 0.3 is 5.97 Å². The SMILES string of the molecule is O=C(O)C=Cc1ccc(NCCNc2ccccc2)nc1. The van der Waals surface area contributed by atoms with Gasteiger partial charge in [-0.2, -0.15) is 0 Å². The Labute approximate surface area is 123 Å². The molecular weight excluding hydrogens is 266 g/mol. The van der Waals surface area contributed by atoms with Crippen LogP contribution in [0.2, 0.25) is 0 Å². The van der Waals surface area contributed by atoms with E-state index in [4.69, 9.17) is 5.11 Å². The molecule has 0 saturated heterocycles. The van der Waals surface area contributed by atoms with E-state index >= 15 is 0 Å². The van der Waals surface area contributed by atoms with Crippen molar-refractivity contribution < 1.29 is 9.90 Å². The summed E-state index contributed by atoms with van der Waals surface area (Å²) >= 11 is 0. The predicted octanol–water partition coefficient (Wildman–Crippen LogP) is 2.70. The van der Waals surface area contributed by atoms with Gasteiger partial charge in [0, 0.05) is 31.0 Å². The van der Waals surface area contributed by atoms with Crippen LogP contribution in [0.5, 0.6) is 0 Å². The van der Waals surface area contributed by atoms with Gasteiger partial charge < -0.3 is 15.7 Å². The second-order valence-electron chi connectivity index (χ2n) is 4.37. The summed E-state index contributed by atoms with van der Waals surface area (Å²) in [4.78, 5) is 14.6. The van der Waals surface area contributed by atoms with E-state index in [2.05, 4.69) is 15.6 Å². The second-order valence-corrected chi connectivity index (χ2v) is 4.37. The molecule has 0 unspecified atom stereocenters. The molecule has 108 valence electrons. The van der Waals surface area contributed by atoms with Crippen LogP contribution in [0.4, 0.5) is 11.5 Å². The third-order valence-corrected chi connectivity index (χ3v) is 2.74. The summed E-state index contributed by atoms with van der Waals surface area (Å²) in [7, 11) is 0. The van der Waals surface area contributed by atoms with Gasteiger partial charge in [0.25, 0.3) is 0 Å². The zero-order valence-electron chi connectivity index (χ0n) is 11.5. The van der Waals surface area contributed by atoms with E-state index in [1.807, 2.05) is 42.5 Å². The molecule has 2 rings (SSSR count). The Morgan fingerprint density at radius 1 is 1.10 bits per heavy atom. The summed E-state index contributed by atoms with van der Waals surface area (Å²) < 4.78 is 0. The predicted molar refractivity (Wildman–Crippen MR) is 84.3 cm³/mol. The van der Waals surface area contributed by atoms with Gasteiger partial charge in [-0.15, -0.1) is 0 Å². The average Bonchev–Trinajstić information content (AvgIpc) is 2.52. The van der Waals surface area contributed by atoms with Gasteiger partial charge in [0.15, 0.2) is 0 Å². The number of hydrogen-bond donors (Lipinski definition) is 3. The van der Waals surface area contributed by atoms with Gasteiger partial charge in [-0.3, -0.25) is 0 Å².